The van der Waals surface area contributed by atoms with Gasteiger partial charge in [-0.3, -0.25) is 14.4 Å². The molecule has 36 heavy (non-hydrogen) atoms. The fourth-order valence-electron chi connectivity index (χ4n) is 3.48. The van der Waals surface area contributed by atoms with Gasteiger partial charge in [0.25, 0.3) is 5.91 Å². The van der Waals surface area contributed by atoms with Gasteiger partial charge in [-0.1, -0.05) is 57.2 Å². The van der Waals surface area contributed by atoms with Crippen LogP contribution in [0.4, 0.5) is 0 Å². The molecule has 2 amide bonds. The SMILES string of the molecule is CC(C)(C)c1ccc(C(=O)NC(Cc2ccc(-c3ncc(Br)cn3)cc2)C(=O)NCCC(=O)O)cc1. The summed E-state index contributed by atoms with van der Waals surface area (Å²) in [7, 11) is 0. The topological polar surface area (TPSA) is 121 Å². The van der Waals surface area contributed by atoms with Gasteiger partial charge in [0.05, 0.1) is 10.9 Å². The number of benzene rings is 2. The molecule has 1 heterocycles. The maximum absolute atomic E-state index is 13.0. The number of aromatic nitrogens is 2. The Morgan fingerprint density at radius 2 is 1.58 bits per heavy atom. The van der Waals surface area contributed by atoms with E-state index in [2.05, 4.69) is 57.3 Å². The number of aliphatic carboxylic acids is 1. The third kappa shape index (κ3) is 7.71. The van der Waals surface area contributed by atoms with E-state index in [1.54, 1.807) is 24.5 Å². The van der Waals surface area contributed by atoms with Crippen LogP contribution in [-0.2, 0) is 21.4 Å². The van der Waals surface area contributed by atoms with Crippen LogP contribution in [-0.4, -0.2) is 45.4 Å². The van der Waals surface area contributed by atoms with E-state index in [4.69, 9.17) is 5.11 Å². The first-order valence-electron chi connectivity index (χ1n) is 11.5. The molecule has 188 valence electrons. The Bertz CT molecular complexity index is 1200. The summed E-state index contributed by atoms with van der Waals surface area (Å²) >= 11 is 3.31. The number of nitrogens with zero attached hydrogens (tertiary/aromatic N) is 2. The van der Waals surface area contributed by atoms with E-state index < -0.39 is 17.9 Å². The predicted octanol–water partition coefficient (Wildman–Crippen LogP) is 4.14. The normalized spacial score (nSPS) is 12.0. The van der Waals surface area contributed by atoms with Crippen molar-refractivity contribution in [2.75, 3.05) is 6.54 Å². The van der Waals surface area contributed by atoms with Gasteiger partial charge in [0.1, 0.15) is 6.04 Å². The average Bonchev–Trinajstić information content (AvgIpc) is 2.84. The Balaban J connectivity index is 1.75. The number of carboxylic acid groups (broad SMARTS) is 1. The van der Waals surface area contributed by atoms with Crippen LogP contribution in [0.25, 0.3) is 11.4 Å². The van der Waals surface area contributed by atoms with E-state index in [0.717, 1.165) is 21.2 Å². The zero-order valence-corrected chi connectivity index (χ0v) is 22.0. The molecule has 2 aromatic carbocycles. The first-order chi connectivity index (χ1) is 17.0. The predicted molar refractivity (Wildman–Crippen MR) is 141 cm³/mol. The standard InChI is InChI=1S/C27H29BrN4O4/c1-27(2,3)20-10-8-19(9-11-20)25(35)32-22(26(36)29-13-12-23(33)34)14-17-4-6-18(7-5-17)24-30-15-21(28)16-31-24/h4-11,15-16,22H,12-14H2,1-3H3,(H,29,36)(H,32,35)(H,33,34). The molecule has 3 N–H and O–H groups in total. The Morgan fingerprint density at radius 1 is 0.972 bits per heavy atom. The quantitative estimate of drug-likeness (QED) is 0.367. The van der Waals surface area contributed by atoms with Crippen molar-refractivity contribution in [3.8, 4) is 11.4 Å². The van der Waals surface area contributed by atoms with Gasteiger partial charge in [-0.25, -0.2) is 9.97 Å². The maximum Gasteiger partial charge on any atom is 0.305 e. The molecule has 0 aliphatic rings. The number of carbonyl (C=O) groups is 3. The van der Waals surface area contributed by atoms with Crippen molar-refractivity contribution in [2.24, 2.45) is 0 Å². The van der Waals surface area contributed by atoms with Gasteiger partial charge in [-0.15, -0.1) is 0 Å². The number of amides is 2. The van der Waals surface area contributed by atoms with Gasteiger partial charge < -0.3 is 15.7 Å². The molecule has 1 aromatic heterocycles. The zero-order chi connectivity index (χ0) is 26.3. The molecule has 0 saturated heterocycles. The number of halogens is 1. The summed E-state index contributed by atoms with van der Waals surface area (Å²) in [4.78, 5) is 45.2. The van der Waals surface area contributed by atoms with Crippen molar-refractivity contribution in [1.29, 1.82) is 0 Å². The molecule has 0 radical (unpaired) electrons. The highest BCUT2D eigenvalue weighted by Gasteiger charge is 2.23. The van der Waals surface area contributed by atoms with Crippen LogP contribution in [0.5, 0.6) is 0 Å². The molecule has 1 unspecified atom stereocenters. The third-order valence-corrected chi connectivity index (χ3v) is 5.95. The second-order valence-electron chi connectivity index (χ2n) is 9.41. The highest BCUT2D eigenvalue weighted by Crippen LogP contribution is 2.22. The summed E-state index contributed by atoms with van der Waals surface area (Å²) in [6.07, 6.45) is 3.35. The molecule has 1 atom stereocenters. The minimum absolute atomic E-state index is 0.0271. The van der Waals surface area contributed by atoms with Crippen LogP contribution in [0.1, 0.15) is 48.7 Å². The first kappa shape index (κ1) is 27.0. The van der Waals surface area contributed by atoms with Gasteiger partial charge in [0.2, 0.25) is 5.91 Å². The summed E-state index contributed by atoms with van der Waals surface area (Å²) in [6, 6.07) is 13.8. The highest BCUT2D eigenvalue weighted by atomic mass is 79.9. The van der Waals surface area contributed by atoms with Crippen LogP contribution in [0.2, 0.25) is 0 Å². The van der Waals surface area contributed by atoms with Crippen molar-refractivity contribution in [2.45, 2.75) is 45.1 Å². The average molecular weight is 553 g/mol. The molecule has 0 bridgehead atoms. The first-order valence-corrected chi connectivity index (χ1v) is 12.3. The van der Waals surface area contributed by atoms with Crippen LogP contribution in [0.3, 0.4) is 0 Å². The van der Waals surface area contributed by atoms with Crippen molar-refractivity contribution in [3.05, 3.63) is 82.1 Å². The van der Waals surface area contributed by atoms with E-state index in [9.17, 15) is 14.4 Å². The minimum Gasteiger partial charge on any atom is -0.481 e. The molecule has 8 nitrogen and oxygen atoms in total. The lowest BCUT2D eigenvalue weighted by Gasteiger charge is -2.20. The molecule has 3 aromatic rings. The van der Waals surface area contributed by atoms with E-state index in [1.807, 2.05) is 36.4 Å². The number of rotatable bonds is 9. The summed E-state index contributed by atoms with van der Waals surface area (Å²) < 4.78 is 0.781. The Labute approximate surface area is 218 Å². The second kappa shape index (κ2) is 11.9. The Kier molecular flexibility index (Phi) is 8.93. The molecule has 0 fully saturated rings. The van der Waals surface area contributed by atoms with Gasteiger partial charge in [0, 0.05) is 36.5 Å². The van der Waals surface area contributed by atoms with Crippen molar-refractivity contribution < 1.29 is 19.5 Å². The van der Waals surface area contributed by atoms with Crippen molar-refractivity contribution >= 4 is 33.7 Å². The molecule has 0 aliphatic heterocycles. The summed E-state index contributed by atoms with van der Waals surface area (Å²) in [6.45, 7) is 6.25. The van der Waals surface area contributed by atoms with Gasteiger partial charge in [-0.05, 0) is 44.6 Å². The third-order valence-electron chi connectivity index (χ3n) is 5.55. The number of nitrogens with one attached hydrogen (secondary N) is 2. The number of hydrogen-bond acceptors (Lipinski definition) is 5. The summed E-state index contributed by atoms with van der Waals surface area (Å²) in [5.74, 6) is -1.27. The largest absolute Gasteiger partial charge is 0.481 e. The van der Waals surface area contributed by atoms with Crippen LogP contribution in [0.15, 0.2) is 65.4 Å². The van der Waals surface area contributed by atoms with E-state index in [-0.39, 0.29) is 30.7 Å². The summed E-state index contributed by atoms with van der Waals surface area (Å²) in [5.41, 5.74) is 3.12. The Hall–Kier alpha value is -3.59. The Morgan fingerprint density at radius 3 is 2.14 bits per heavy atom. The van der Waals surface area contributed by atoms with Crippen molar-refractivity contribution in [1.82, 2.24) is 20.6 Å². The maximum atomic E-state index is 13.0. The lowest BCUT2D eigenvalue weighted by Crippen LogP contribution is -2.48. The van der Waals surface area contributed by atoms with E-state index in [0.29, 0.717) is 11.4 Å². The van der Waals surface area contributed by atoms with Gasteiger partial charge >= 0.3 is 5.97 Å². The molecule has 9 heteroatoms. The molecular formula is C27H29BrN4O4. The smallest absolute Gasteiger partial charge is 0.305 e. The van der Waals surface area contributed by atoms with Crippen molar-refractivity contribution in [3.63, 3.8) is 0 Å². The molecule has 0 aliphatic carbocycles. The molecule has 0 spiro atoms. The van der Waals surface area contributed by atoms with Crippen LogP contribution in [0, 0.1) is 0 Å². The number of carbonyl (C=O) groups excluding carboxylic acids is 2. The fourth-order valence-corrected chi connectivity index (χ4v) is 3.68. The number of carboxylic acids is 1. The van der Waals surface area contributed by atoms with Gasteiger partial charge in [-0.2, -0.15) is 0 Å². The second-order valence-corrected chi connectivity index (χ2v) is 10.3. The monoisotopic (exact) mass is 552 g/mol. The minimum atomic E-state index is -1.01. The summed E-state index contributed by atoms with van der Waals surface area (Å²) in [5, 5.41) is 14.3. The zero-order valence-electron chi connectivity index (χ0n) is 20.4. The van der Waals surface area contributed by atoms with Crippen LogP contribution < -0.4 is 10.6 Å². The number of hydrogen-bond donors (Lipinski definition) is 3. The molecule has 3 rings (SSSR count). The highest BCUT2D eigenvalue weighted by molar-refractivity contribution is 9.10. The lowest BCUT2D eigenvalue weighted by atomic mass is 9.86. The molecule has 0 saturated carbocycles. The fraction of sp³-hybridized carbons (Fsp3) is 0.296. The van der Waals surface area contributed by atoms with E-state index in [1.165, 1.54) is 0 Å². The molecular weight excluding hydrogens is 524 g/mol. The van der Waals surface area contributed by atoms with Gasteiger partial charge in [0.15, 0.2) is 5.82 Å². The van der Waals surface area contributed by atoms with E-state index >= 15 is 0 Å². The lowest BCUT2D eigenvalue weighted by molar-refractivity contribution is -0.137. The van der Waals surface area contributed by atoms with Crippen LogP contribution >= 0.6 is 15.9 Å².